The van der Waals surface area contributed by atoms with Gasteiger partial charge in [-0.05, 0) is 36.2 Å². The molecule has 0 radical (unpaired) electrons. The average molecular weight is 279 g/mol. The van der Waals surface area contributed by atoms with E-state index in [9.17, 15) is 0 Å². The SMILES string of the molecule is COc1cccc(CCNc2ncnc3ccccc23)c1. The number of hydrogen-bond acceptors (Lipinski definition) is 4. The molecular weight excluding hydrogens is 262 g/mol. The average Bonchev–Trinajstić information content (AvgIpc) is 2.55. The first-order valence-corrected chi connectivity index (χ1v) is 6.93. The number of nitrogens with zero attached hydrogens (tertiary/aromatic N) is 2. The monoisotopic (exact) mass is 279 g/mol. The Balaban J connectivity index is 1.69. The molecule has 1 aromatic heterocycles. The summed E-state index contributed by atoms with van der Waals surface area (Å²) in [4.78, 5) is 8.59. The van der Waals surface area contributed by atoms with Crippen molar-refractivity contribution in [2.45, 2.75) is 6.42 Å². The van der Waals surface area contributed by atoms with Crippen LogP contribution in [0, 0.1) is 0 Å². The maximum absolute atomic E-state index is 5.24. The fraction of sp³-hybridized carbons (Fsp3) is 0.176. The van der Waals surface area contributed by atoms with Crippen molar-refractivity contribution in [3.05, 3.63) is 60.4 Å². The van der Waals surface area contributed by atoms with Gasteiger partial charge in [-0.25, -0.2) is 9.97 Å². The van der Waals surface area contributed by atoms with E-state index >= 15 is 0 Å². The van der Waals surface area contributed by atoms with Crippen molar-refractivity contribution in [1.82, 2.24) is 9.97 Å². The third-order valence-electron chi connectivity index (χ3n) is 3.38. The number of para-hydroxylation sites is 1. The van der Waals surface area contributed by atoms with Gasteiger partial charge in [0.15, 0.2) is 0 Å². The Labute approximate surface area is 123 Å². The first kappa shape index (κ1) is 13.4. The molecule has 3 rings (SSSR count). The van der Waals surface area contributed by atoms with E-state index in [0.717, 1.165) is 35.4 Å². The second-order valence-electron chi connectivity index (χ2n) is 4.77. The highest BCUT2D eigenvalue weighted by Gasteiger charge is 2.02. The zero-order valence-corrected chi connectivity index (χ0v) is 11.9. The first-order chi connectivity index (χ1) is 10.4. The van der Waals surface area contributed by atoms with Crippen LogP contribution in [0.3, 0.4) is 0 Å². The number of nitrogens with one attached hydrogen (secondary N) is 1. The molecule has 0 aliphatic heterocycles. The standard InChI is InChI=1S/C17H17N3O/c1-21-14-6-4-5-13(11-14)9-10-18-17-15-7-2-3-8-16(15)19-12-20-17/h2-8,11-12H,9-10H2,1H3,(H,18,19,20). The molecule has 0 saturated heterocycles. The zero-order chi connectivity index (χ0) is 14.5. The summed E-state index contributed by atoms with van der Waals surface area (Å²) in [7, 11) is 1.68. The van der Waals surface area contributed by atoms with Crippen LogP contribution in [0.2, 0.25) is 0 Å². The number of ether oxygens (including phenoxy) is 1. The van der Waals surface area contributed by atoms with Crippen molar-refractivity contribution < 1.29 is 4.74 Å². The van der Waals surface area contributed by atoms with E-state index in [1.54, 1.807) is 13.4 Å². The number of benzene rings is 2. The van der Waals surface area contributed by atoms with Crippen molar-refractivity contribution in [1.29, 1.82) is 0 Å². The van der Waals surface area contributed by atoms with Crippen LogP contribution in [-0.4, -0.2) is 23.6 Å². The van der Waals surface area contributed by atoms with Gasteiger partial charge in [-0.3, -0.25) is 0 Å². The molecule has 1 N–H and O–H groups in total. The lowest BCUT2D eigenvalue weighted by Crippen LogP contribution is -2.07. The van der Waals surface area contributed by atoms with Gasteiger partial charge in [0, 0.05) is 11.9 Å². The highest BCUT2D eigenvalue weighted by atomic mass is 16.5. The lowest BCUT2D eigenvalue weighted by Gasteiger charge is -2.09. The molecule has 0 bridgehead atoms. The summed E-state index contributed by atoms with van der Waals surface area (Å²) in [5.74, 6) is 1.77. The molecule has 4 heteroatoms. The molecule has 0 spiro atoms. The minimum atomic E-state index is 0.814. The molecule has 1 heterocycles. The molecule has 21 heavy (non-hydrogen) atoms. The van der Waals surface area contributed by atoms with Gasteiger partial charge in [0.25, 0.3) is 0 Å². The molecule has 0 amide bonds. The Morgan fingerprint density at radius 2 is 1.95 bits per heavy atom. The fourth-order valence-electron chi connectivity index (χ4n) is 2.30. The van der Waals surface area contributed by atoms with Crippen molar-refractivity contribution in [2.24, 2.45) is 0 Å². The van der Waals surface area contributed by atoms with Gasteiger partial charge in [-0.15, -0.1) is 0 Å². The molecule has 0 aliphatic rings. The van der Waals surface area contributed by atoms with E-state index in [4.69, 9.17) is 4.74 Å². The number of anilines is 1. The van der Waals surface area contributed by atoms with Gasteiger partial charge in [0.2, 0.25) is 0 Å². The van der Waals surface area contributed by atoms with Crippen LogP contribution < -0.4 is 10.1 Å². The van der Waals surface area contributed by atoms with Gasteiger partial charge < -0.3 is 10.1 Å². The topological polar surface area (TPSA) is 47.0 Å². The Morgan fingerprint density at radius 3 is 2.86 bits per heavy atom. The van der Waals surface area contributed by atoms with Crippen molar-refractivity contribution in [3.8, 4) is 5.75 Å². The van der Waals surface area contributed by atoms with Crippen LogP contribution in [-0.2, 0) is 6.42 Å². The zero-order valence-electron chi connectivity index (χ0n) is 11.9. The largest absolute Gasteiger partial charge is 0.497 e. The Bertz CT molecular complexity index is 737. The summed E-state index contributed by atoms with van der Waals surface area (Å²) in [6, 6.07) is 16.1. The van der Waals surface area contributed by atoms with Gasteiger partial charge in [0.05, 0.1) is 12.6 Å². The van der Waals surface area contributed by atoms with Crippen molar-refractivity contribution in [3.63, 3.8) is 0 Å². The lowest BCUT2D eigenvalue weighted by molar-refractivity contribution is 0.414. The second kappa shape index (κ2) is 6.22. The molecule has 0 unspecified atom stereocenters. The quantitative estimate of drug-likeness (QED) is 0.778. The normalized spacial score (nSPS) is 10.5. The molecule has 0 atom stereocenters. The number of methoxy groups -OCH3 is 1. The Kier molecular flexibility index (Phi) is 3.96. The predicted molar refractivity (Wildman–Crippen MR) is 84.7 cm³/mol. The summed E-state index contributed by atoms with van der Waals surface area (Å²) >= 11 is 0. The molecular formula is C17H17N3O. The van der Waals surface area contributed by atoms with Crippen molar-refractivity contribution in [2.75, 3.05) is 19.0 Å². The van der Waals surface area contributed by atoms with E-state index in [0.29, 0.717) is 0 Å². The first-order valence-electron chi connectivity index (χ1n) is 6.93. The predicted octanol–water partition coefficient (Wildman–Crippen LogP) is 3.29. The minimum Gasteiger partial charge on any atom is -0.497 e. The molecule has 0 fully saturated rings. The van der Waals surface area contributed by atoms with Crippen LogP contribution in [0.5, 0.6) is 5.75 Å². The van der Waals surface area contributed by atoms with E-state index in [2.05, 4.69) is 27.4 Å². The van der Waals surface area contributed by atoms with Crippen LogP contribution in [0.4, 0.5) is 5.82 Å². The van der Waals surface area contributed by atoms with Gasteiger partial charge in [-0.1, -0.05) is 24.3 Å². The lowest BCUT2D eigenvalue weighted by atomic mass is 10.1. The highest BCUT2D eigenvalue weighted by Crippen LogP contribution is 2.18. The maximum atomic E-state index is 5.24. The molecule has 0 saturated carbocycles. The van der Waals surface area contributed by atoms with Crippen molar-refractivity contribution >= 4 is 16.7 Å². The van der Waals surface area contributed by atoms with E-state index in [1.165, 1.54) is 5.56 Å². The number of rotatable bonds is 5. The van der Waals surface area contributed by atoms with Gasteiger partial charge in [-0.2, -0.15) is 0 Å². The summed E-state index contributed by atoms with van der Waals surface area (Å²) in [5.41, 5.74) is 2.19. The summed E-state index contributed by atoms with van der Waals surface area (Å²) in [5, 5.41) is 4.43. The van der Waals surface area contributed by atoms with Gasteiger partial charge in [0.1, 0.15) is 17.9 Å². The number of fused-ring (bicyclic) bond motifs is 1. The number of hydrogen-bond donors (Lipinski definition) is 1. The Hall–Kier alpha value is -2.62. The second-order valence-corrected chi connectivity index (χ2v) is 4.77. The van der Waals surface area contributed by atoms with Crippen LogP contribution in [0.15, 0.2) is 54.9 Å². The minimum absolute atomic E-state index is 0.814. The van der Waals surface area contributed by atoms with Gasteiger partial charge >= 0.3 is 0 Å². The highest BCUT2D eigenvalue weighted by molar-refractivity contribution is 5.88. The summed E-state index contributed by atoms with van der Waals surface area (Å²) in [6.45, 7) is 0.814. The van der Waals surface area contributed by atoms with Crippen LogP contribution in [0.25, 0.3) is 10.9 Å². The third-order valence-corrected chi connectivity index (χ3v) is 3.38. The van der Waals surface area contributed by atoms with E-state index in [-0.39, 0.29) is 0 Å². The number of aromatic nitrogens is 2. The molecule has 106 valence electrons. The van der Waals surface area contributed by atoms with Crippen LogP contribution >= 0.6 is 0 Å². The van der Waals surface area contributed by atoms with E-state index in [1.807, 2.05) is 36.4 Å². The summed E-state index contributed by atoms with van der Waals surface area (Å²) in [6.07, 6.45) is 2.51. The molecule has 4 nitrogen and oxygen atoms in total. The third kappa shape index (κ3) is 3.11. The smallest absolute Gasteiger partial charge is 0.137 e. The molecule has 3 aromatic rings. The van der Waals surface area contributed by atoms with Crippen LogP contribution in [0.1, 0.15) is 5.56 Å². The summed E-state index contributed by atoms with van der Waals surface area (Å²) < 4.78 is 5.24. The molecule has 0 aliphatic carbocycles. The Morgan fingerprint density at radius 1 is 1.05 bits per heavy atom. The van der Waals surface area contributed by atoms with E-state index < -0.39 is 0 Å². The molecule has 2 aromatic carbocycles. The maximum Gasteiger partial charge on any atom is 0.137 e. The fourth-order valence-corrected chi connectivity index (χ4v) is 2.30.